The molecule has 0 aliphatic carbocycles. The minimum atomic E-state index is -0.620. The van der Waals surface area contributed by atoms with Crippen LogP contribution >= 0.6 is 23.2 Å². The number of hydrogen-bond acceptors (Lipinski definition) is 4. The smallest absolute Gasteiger partial charge is 0.258 e. The number of rotatable bonds is 2. The summed E-state index contributed by atoms with van der Waals surface area (Å²) in [6.07, 6.45) is 0. The van der Waals surface area contributed by atoms with Crippen LogP contribution in [0.1, 0.15) is 0 Å². The van der Waals surface area contributed by atoms with Gasteiger partial charge in [0.15, 0.2) is 0 Å². The Morgan fingerprint density at radius 3 is 2.15 bits per heavy atom. The van der Waals surface area contributed by atoms with Crippen LogP contribution < -0.4 is 0 Å². The lowest BCUT2D eigenvalue weighted by molar-refractivity contribution is -0.384. The summed E-state index contributed by atoms with van der Waals surface area (Å²) in [6.45, 7) is 0. The van der Waals surface area contributed by atoms with Crippen LogP contribution in [0.15, 0.2) is 17.2 Å². The Bertz CT molecular complexity index is 357. The molecule has 0 heterocycles. The largest absolute Gasteiger partial charge is 0.272 e. The molecule has 5 nitrogen and oxygen atoms in total. The van der Waals surface area contributed by atoms with Gasteiger partial charge in [0.05, 0.1) is 15.0 Å². The van der Waals surface area contributed by atoms with Gasteiger partial charge in [-0.25, -0.2) is 5.53 Å². The van der Waals surface area contributed by atoms with Crippen molar-refractivity contribution in [1.29, 1.82) is 5.53 Å². The van der Waals surface area contributed by atoms with Crippen molar-refractivity contribution in [3.05, 3.63) is 32.3 Å². The van der Waals surface area contributed by atoms with E-state index in [-0.39, 0.29) is 21.4 Å². The summed E-state index contributed by atoms with van der Waals surface area (Å²) in [5, 5.41) is 13.3. The first-order valence-corrected chi connectivity index (χ1v) is 3.82. The molecule has 0 amide bonds. The lowest BCUT2D eigenvalue weighted by Gasteiger charge is -1.98. The molecule has 0 aliphatic rings. The van der Waals surface area contributed by atoms with Crippen LogP contribution in [0.5, 0.6) is 0 Å². The van der Waals surface area contributed by atoms with E-state index in [0.29, 0.717) is 0 Å². The van der Waals surface area contributed by atoms with Gasteiger partial charge in [-0.05, 0) is 0 Å². The first-order chi connectivity index (χ1) is 6.06. The highest BCUT2D eigenvalue weighted by atomic mass is 35.5. The Morgan fingerprint density at radius 1 is 1.38 bits per heavy atom. The molecule has 0 atom stereocenters. The molecule has 0 aliphatic heterocycles. The Morgan fingerprint density at radius 2 is 1.85 bits per heavy atom. The van der Waals surface area contributed by atoms with Gasteiger partial charge in [-0.3, -0.25) is 10.1 Å². The van der Waals surface area contributed by atoms with E-state index >= 15 is 0 Å². The van der Waals surface area contributed by atoms with E-state index in [2.05, 4.69) is 5.11 Å². The van der Waals surface area contributed by atoms with E-state index in [1.165, 1.54) is 0 Å². The molecular formula is C6H3Cl2N3O2. The second kappa shape index (κ2) is 3.68. The number of nitro groups is 1. The maximum atomic E-state index is 10.3. The monoisotopic (exact) mass is 219 g/mol. The van der Waals surface area contributed by atoms with E-state index in [9.17, 15) is 10.1 Å². The molecule has 0 radical (unpaired) electrons. The Labute approximate surface area is 82.9 Å². The van der Waals surface area contributed by atoms with Crippen LogP contribution in [0.4, 0.5) is 11.4 Å². The third-order valence-electron chi connectivity index (χ3n) is 1.32. The molecule has 0 saturated carbocycles. The standard InChI is InChI=1S/C6H3Cl2N3O2/c7-4-1-3(11(12)13)2-5(8)6(4)10-9/h1-2,9H. The molecule has 1 aromatic rings. The Kier molecular flexibility index (Phi) is 2.79. The summed E-state index contributed by atoms with van der Waals surface area (Å²) >= 11 is 11.2. The van der Waals surface area contributed by atoms with Crippen molar-refractivity contribution in [3.8, 4) is 0 Å². The van der Waals surface area contributed by atoms with Gasteiger partial charge in [0.1, 0.15) is 5.69 Å². The van der Waals surface area contributed by atoms with Gasteiger partial charge in [-0.15, -0.1) is 0 Å². The van der Waals surface area contributed by atoms with Gasteiger partial charge in [0, 0.05) is 12.1 Å². The lowest BCUT2D eigenvalue weighted by Crippen LogP contribution is -1.87. The Balaban J connectivity index is 3.36. The number of benzene rings is 1. The molecule has 0 saturated heterocycles. The average molecular weight is 220 g/mol. The fraction of sp³-hybridized carbons (Fsp3) is 0. The third-order valence-corrected chi connectivity index (χ3v) is 1.90. The zero-order valence-electron chi connectivity index (χ0n) is 6.12. The molecule has 0 bridgehead atoms. The fourth-order valence-corrected chi connectivity index (χ4v) is 1.32. The van der Waals surface area contributed by atoms with Crippen molar-refractivity contribution in [2.45, 2.75) is 0 Å². The number of nitrogens with one attached hydrogen (secondary N) is 1. The highest BCUT2D eigenvalue weighted by Gasteiger charge is 2.13. The van der Waals surface area contributed by atoms with Crippen molar-refractivity contribution in [1.82, 2.24) is 0 Å². The predicted molar refractivity (Wildman–Crippen MR) is 47.9 cm³/mol. The van der Waals surface area contributed by atoms with Gasteiger partial charge >= 0.3 is 0 Å². The molecule has 68 valence electrons. The third kappa shape index (κ3) is 1.93. The summed E-state index contributed by atoms with van der Waals surface area (Å²) < 4.78 is 0. The lowest BCUT2D eigenvalue weighted by atomic mass is 10.3. The Hall–Kier alpha value is -1.20. The molecule has 0 fully saturated rings. The van der Waals surface area contributed by atoms with Crippen molar-refractivity contribution in [3.63, 3.8) is 0 Å². The van der Waals surface area contributed by atoms with Gasteiger partial charge in [-0.2, -0.15) is 5.11 Å². The second-order valence-corrected chi connectivity index (χ2v) is 2.94. The fourth-order valence-electron chi connectivity index (χ4n) is 0.764. The molecule has 0 unspecified atom stereocenters. The van der Waals surface area contributed by atoms with Crippen LogP contribution in [0, 0.1) is 15.6 Å². The van der Waals surface area contributed by atoms with E-state index in [0.717, 1.165) is 12.1 Å². The van der Waals surface area contributed by atoms with Crippen LogP contribution in [-0.4, -0.2) is 4.92 Å². The van der Waals surface area contributed by atoms with E-state index in [1.54, 1.807) is 0 Å². The molecule has 1 N–H and O–H groups in total. The maximum absolute atomic E-state index is 10.3. The molecular weight excluding hydrogens is 217 g/mol. The van der Waals surface area contributed by atoms with Crippen molar-refractivity contribution in [2.24, 2.45) is 5.11 Å². The normalized spacial score (nSPS) is 9.69. The van der Waals surface area contributed by atoms with Gasteiger partial charge in [-0.1, -0.05) is 23.2 Å². The van der Waals surface area contributed by atoms with E-state index < -0.39 is 4.92 Å². The minimum Gasteiger partial charge on any atom is -0.258 e. The maximum Gasteiger partial charge on any atom is 0.272 e. The van der Waals surface area contributed by atoms with Crippen LogP contribution in [0.2, 0.25) is 10.0 Å². The summed E-state index contributed by atoms with van der Waals surface area (Å²) in [6, 6.07) is 2.20. The quantitative estimate of drug-likeness (QED) is 0.469. The van der Waals surface area contributed by atoms with Crippen LogP contribution in [-0.2, 0) is 0 Å². The van der Waals surface area contributed by atoms with Crippen molar-refractivity contribution >= 4 is 34.6 Å². The molecule has 1 rings (SSSR count). The predicted octanol–water partition coefficient (Wildman–Crippen LogP) is 3.56. The summed E-state index contributed by atoms with van der Waals surface area (Å²) in [7, 11) is 0. The summed E-state index contributed by atoms with van der Waals surface area (Å²) in [5.41, 5.74) is 6.51. The molecule has 1 aromatic carbocycles. The number of nitro benzene ring substituents is 1. The number of halogens is 2. The number of hydrogen-bond donors (Lipinski definition) is 1. The zero-order valence-corrected chi connectivity index (χ0v) is 7.63. The zero-order chi connectivity index (χ0) is 10.0. The minimum absolute atomic E-state index is 0.00537. The van der Waals surface area contributed by atoms with Gasteiger partial charge in [0.2, 0.25) is 0 Å². The highest BCUT2D eigenvalue weighted by Crippen LogP contribution is 2.36. The first-order valence-electron chi connectivity index (χ1n) is 3.07. The van der Waals surface area contributed by atoms with E-state index in [1.807, 2.05) is 0 Å². The molecule has 0 spiro atoms. The highest BCUT2D eigenvalue weighted by molar-refractivity contribution is 6.39. The molecule has 0 aromatic heterocycles. The number of non-ortho nitro benzene ring substituents is 1. The molecule has 7 heteroatoms. The SMILES string of the molecule is N=Nc1c(Cl)cc([N+](=O)[O-])cc1Cl. The van der Waals surface area contributed by atoms with Crippen LogP contribution in [0.3, 0.4) is 0 Å². The van der Waals surface area contributed by atoms with Gasteiger partial charge < -0.3 is 0 Å². The summed E-state index contributed by atoms with van der Waals surface area (Å²) in [4.78, 5) is 9.70. The average Bonchev–Trinajstić information content (AvgIpc) is 2.03. The second-order valence-electron chi connectivity index (χ2n) is 2.13. The first kappa shape index (κ1) is 9.88. The van der Waals surface area contributed by atoms with Gasteiger partial charge in [0.25, 0.3) is 5.69 Å². The van der Waals surface area contributed by atoms with E-state index in [4.69, 9.17) is 28.7 Å². The molecule has 13 heavy (non-hydrogen) atoms. The topological polar surface area (TPSA) is 79.3 Å². The van der Waals surface area contributed by atoms with Crippen molar-refractivity contribution < 1.29 is 4.92 Å². The number of nitrogens with zero attached hydrogens (tertiary/aromatic N) is 2. The van der Waals surface area contributed by atoms with Crippen molar-refractivity contribution in [2.75, 3.05) is 0 Å². The summed E-state index contributed by atoms with van der Waals surface area (Å²) in [5.74, 6) is 0. The van der Waals surface area contributed by atoms with Crippen LogP contribution in [0.25, 0.3) is 0 Å².